The maximum absolute atomic E-state index is 13.3. The second-order valence-electron chi connectivity index (χ2n) is 7.51. The lowest BCUT2D eigenvalue weighted by Crippen LogP contribution is -2.44. The Morgan fingerprint density at radius 3 is 2.19 bits per heavy atom. The van der Waals surface area contributed by atoms with Gasteiger partial charge in [-0.2, -0.15) is 17.5 Å². The van der Waals surface area contributed by atoms with Crippen molar-refractivity contribution in [1.82, 2.24) is 9.21 Å². The van der Waals surface area contributed by atoms with Crippen LogP contribution in [0.2, 0.25) is 0 Å². The molecule has 1 saturated heterocycles. The van der Waals surface area contributed by atoms with E-state index in [4.69, 9.17) is 0 Å². The Morgan fingerprint density at radius 2 is 1.61 bits per heavy atom. The summed E-state index contributed by atoms with van der Waals surface area (Å²) in [5, 5.41) is 0. The molecule has 168 valence electrons. The molecular formula is C22H25F3N2O3S. The number of rotatable bonds is 6. The molecule has 3 rings (SSSR count). The highest BCUT2D eigenvalue weighted by Gasteiger charge is 2.40. The van der Waals surface area contributed by atoms with Crippen molar-refractivity contribution in [2.24, 2.45) is 5.92 Å². The maximum Gasteiger partial charge on any atom is 0.417 e. The number of sulfonamides is 1. The van der Waals surface area contributed by atoms with Gasteiger partial charge < -0.3 is 4.90 Å². The van der Waals surface area contributed by atoms with E-state index in [-0.39, 0.29) is 37.8 Å². The lowest BCUT2D eigenvalue weighted by molar-refractivity contribution is -0.140. The van der Waals surface area contributed by atoms with E-state index >= 15 is 0 Å². The monoisotopic (exact) mass is 454 g/mol. The molecule has 0 aromatic heterocycles. The van der Waals surface area contributed by atoms with Crippen LogP contribution in [0, 0.1) is 5.92 Å². The van der Waals surface area contributed by atoms with Gasteiger partial charge in [0, 0.05) is 32.1 Å². The van der Waals surface area contributed by atoms with Crippen molar-refractivity contribution in [1.29, 1.82) is 0 Å². The summed E-state index contributed by atoms with van der Waals surface area (Å²) in [6, 6.07) is 13.8. The van der Waals surface area contributed by atoms with Crippen molar-refractivity contribution >= 4 is 15.9 Å². The van der Waals surface area contributed by atoms with Crippen molar-refractivity contribution in [3.63, 3.8) is 0 Å². The molecule has 0 unspecified atom stereocenters. The number of halogens is 3. The topological polar surface area (TPSA) is 57.7 Å². The zero-order valence-corrected chi connectivity index (χ0v) is 18.0. The molecule has 0 saturated carbocycles. The van der Waals surface area contributed by atoms with E-state index in [1.165, 1.54) is 12.1 Å². The molecule has 0 aliphatic carbocycles. The number of alkyl halides is 3. The molecule has 5 nitrogen and oxygen atoms in total. The summed E-state index contributed by atoms with van der Waals surface area (Å²) in [5.74, 6) is -0.410. The van der Waals surface area contributed by atoms with Gasteiger partial charge in [-0.25, -0.2) is 8.42 Å². The van der Waals surface area contributed by atoms with Gasteiger partial charge in [0.1, 0.15) is 0 Å². The summed E-state index contributed by atoms with van der Waals surface area (Å²) >= 11 is 0. The molecule has 0 spiro atoms. The van der Waals surface area contributed by atoms with Crippen LogP contribution in [0.4, 0.5) is 13.2 Å². The summed E-state index contributed by atoms with van der Waals surface area (Å²) in [6.07, 6.45) is -4.22. The van der Waals surface area contributed by atoms with Gasteiger partial charge in [-0.05, 0) is 37.5 Å². The van der Waals surface area contributed by atoms with Gasteiger partial charge in [0.2, 0.25) is 15.9 Å². The molecule has 0 radical (unpaired) electrons. The Bertz CT molecular complexity index is 1000. The molecule has 2 aromatic rings. The number of carbonyl (C=O) groups is 1. The van der Waals surface area contributed by atoms with E-state index in [0.29, 0.717) is 13.1 Å². The normalized spacial score (nSPS) is 16.3. The minimum Gasteiger partial charge on any atom is -0.338 e. The van der Waals surface area contributed by atoms with Crippen LogP contribution < -0.4 is 0 Å². The molecule has 31 heavy (non-hydrogen) atoms. The zero-order valence-electron chi connectivity index (χ0n) is 17.2. The van der Waals surface area contributed by atoms with E-state index in [9.17, 15) is 26.4 Å². The summed E-state index contributed by atoms with van der Waals surface area (Å²) in [5.41, 5.74) is -0.172. The first-order chi connectivity index (χ1) is 14.6. The van der Waals surface area contributed by atoms with Crippen LogP contribution in [0.25, 0.3) is 0 Å². The van der Waals surface area contributed by atoms with E-state index in [0.717, 1.165) is 22.0 Å². The second-order valence-corrected chi connectivity index (χ2v) is 9.42. The Morgan fingerprint density at radius 1 is 1.03 bits per heavy atom. The summed E-state index contributed by atoms with van der Waals surface area (Å²) < 4.78 is 66.7. The zero-order chi connectivity index (χ0) is 22.6. The molecule has 1 aliphatic rings. The van der Waals surface area contributed by atoms with E-state index < -0.39 is 26.7 Å². The number of amides is 1. The fraction of sp³-hybridized carbons (Fsp3) is 0.409. The van der Waals surface area contributed by atoms with Crippen LogP contribution >= 0.6 is 0 Å². The molecule has 1 fully saturated rings. The van der Waals surface area contributed by atoms with Crippen molar-refractivity contribution in [3.8, 4) is 0 Å². The third-order valence-corrected chi connectivity index (χ3v) is 7.48. The average Bonchev–Trinajstić information content (AvgIpc) is 2.77. The van der Waals surface area contributed by atoms with Gasteiger partial charge in [-0.1, -0.05) is 42.5 Å². The Balaban J connectivity index is 1.69. The highest BCUT2D eigenvalue weighted by molar-refractivity contribution is 7.89. The van der Waals surface area contributed by atoms with E-state index in [1.807, 2.05) is 37.3 Å². The Hall–Kier alpha value is -2.39. The minimum atomic E-state index is -4.77. The molecule has 0 N–H and O–H groups in total. The molecule has 0 atom stereocenters. The fourth-order valence-corrected chi connectivity index (χ4v) is 5.50. The van der Waals surface area contributed by atoms with Crippen molar-refractivity contribution in [2.75, 3.05) is 19.6 Å². The quantitative estimate of drug-likeness (QED) is 0.659. The fourth-order valence-electron chi connectivity index (χ4n) is 3.82. The van der Waals surface area contributed by atoms with E-state index in [1.54, 1.807) is 4.90 Å². The van der Waals surface area contributed by atoms with Crippen LogP contribution in [-0.4, -0.2) is 43.2 Å². The van der Waals surface area contributed by atoms with Crippen molar-refractivity contribution in [2.45, 2.75) is 37.4 Å². The summed E-state index contributed by atoms with van der Waals surface area (Å²) in [4.78, 5) is 13.9. The number of hydrogen-bond acceptors (Lipinski definition) is 3. The van der Waals surface area contributed by atoms with Gasteiger partial charge in [0.05, 0.1) is 10.5 Å². The van der Waals surface area contributed by atoms with Crippen LogP contribution in [0.1, 0.15) is 30.9 Å². The predicted octanol–water partition coefficient (Wildman–Crippen LogP) is 4.15. The number of hydrogen-bond donors (Lipinski definition) is 0. The van der Waals surface area contributed by atoms with Crippen LogP contribution in [0.15, 0.2) is 59.5 Å². The van der Waals surface area contributed by atoms with Crippen molar-refractivity contribution < 1.29 is 26.4 Å². The molecule has 2 aromatic carbocycles. The summed E-state index contributed by atoms with van der Waals surface area (Å²) in [6.45, 7) is 2.88. The molecular weight excluding hydrogens is 429 g/mol. The number of benzene rings is 2. The first-order valence-corrected chi connectivity index (χ1v) is 11.6. The smallest absolute Gasteiger partial charge is 0.338 e. The third-order valence-electron chi connectivity index (χ3n) is 5.52. The van der Waals surface area contributed by atoms with Gasteiger partial charge in [-0.15, -0.1) is 0 Å². The third kappa shape index (κ3) is 5.27. The van der Waals surface area contributed by atoms with E-state index in [2.05, 4.69) is 0 Å². The molecule has 1 heterocycles. The molecule has 1 amide bonds. The number of piperidine rings is 1. The summed E-state index contributed by atoms with van der Waals surface area (Å²) in [7, 11) is -4.31. The van der Waals surface area contributed by atoms with Crippen LogP contribution in [0.5, 0.6) is 0 Å². The first kappa shape index (κ1) is 23.3. The standard InChI is InChI=1S/C22H25F3N2O3S/c1-2-26(16-17-8-4-3-5-9-17)21(28)18-12-14-27(15-13-18)31(29,30)20-11-7-6-10-19(20)22(23,24)25/h3-11,18H,2,12-16H2,1H3. The SMILES string of the molecule is CCN(Cc1ccccc1)C(=O)C1CCN(S(=O)(=O)c2ccccc2C(F)(F)F)CC1. The lowest BCUT2D eigenvalue weighted by Gasteiger charge is -2.33. The largest absolute Gasteiger partial charge is 0.417 e. The van der Waals surface area contributed by atoms with Gasteiger partial charge >= 0.3 is 6.18 Å². The van der Waals surface area contributed by atoms with Gasteiger partial charge in [0.25, 0.3) is 0 Å². The average molecular weight is 455 g/mol. The maximum atomic E-state index is 13.3. The van der Waals surface area contributed by atoms with Crippen molar-refractivity contribution in [3.05, 3.63) is 65.7 Å². The molecule has 1 aliphatic heterocycles. The Labute approximate surface area is 180 Å². The number of carbonyl (C=O) groups excluding carboxylic acids is 1. The van der Waals surface area contributed by atoms with Gasteiger partial charge in [-0.3, -0.25) is 4.79 Å². The first-order valence-electron chi connectivity index (χ1n) is 10.1. The number of nitrogens with zero attached hydrogens (tertiary/aromatic N) is 2. The van der Waals surface area contributed by atoms with Crippen LogP contribution in [-0.2, 0) is 27.5 Å². The van der Waals surface area contributed by atoms with Gasteiger partial charge in [0.15, 0.2) is 0 Å². The minimum absolute atomic E-state index is 0.00776. The second kappa shape index (κ2) is 9.40. The highest BCUT2D eigenvalue weighted by Crippen LogP contribution is 2.36. The highest BCUT2D eigenvalue weighted by atomic mass is 32.2. The lowest BCUT2D eigenvalue weighted by atomic mass is 9.96. The Kier molecular flexibility index (Phi) is 7.06. The van der Waals surface area contributed by atoms with Crippen LogP contribution in [0.3, 0.4) is 0 Å². The predicted molar refractivity (Wildman–Crippen MR) is 110 cm³/mol. The molecule has 0 bridgehead atoms. The molecule has 9 heteroatoms.